The Morgan fingerprint density at radius 1 is 1.30 bits per heavy atom. The zero-order valence-electron chi connectivity index (χ0n) is 13.9. The van der Waals surface area contributed by atoms with Crippen LogP contribution < -0.4 is 4.74 Å². The SMILES string of the molecule is O=C(c1ccccc1S(=O)(=O)C(F)F)N1CC[C@@H](Oc2ccncc2Cl)C1. The Morgan fingerprint density at radius 3 is 2.74 bits per heavy atom. The van der Waals surface area contributed by atoms with E-state index in [-0.39, 0.29) is 18.2 Å². The van der Waals surface area contributed by atoms with Gasteiger partial charge in [0, 0.05) is 31.4 Å². The van der Waals surface area contributed by atoms with Crippen molar-refractivity contribution in [1.29, 1.82) is 0 Å². The maximum absolute atomic E-state index is 12.9. The molecular weight excluding hydrogens is 402 g/mol. The van der Waals surface area contributed by atoms with E-state index in [2.05, 4.69) is 4.98 Å². The second-order valence-electron chi connectivity index (χ2n) is 5.89. The molecular formula is C17H15ClF2N2O4S. The molecule has 1 amide bonds. The van der Waals surface area contributed by atoms with Crippen LogP contribution in [0.15, 0.2) is 47.6 Å². The standard InChI is InChI=1S/C17H15ClF2N2O4S/c18-13-9-21-7-5-14(13)26-11-6-8-22(10-11)16(23)12-3-1-2-4-15(12)27(24,25)17(19)20/h1-5,7,9,11,17H,6,8,10H2/t11-/m1/s1. The first-order valence-corrected chi connectivity index (χ1v) is 9.89. The highest BCUT2D eigenvalue weighted by Gasteiger charge is 2.34. The van der Waals surface area contributed by atoms with Gasteiger partial charge in [0.1, 0.15) is 16.9 Å². The molecule has 2 heterocycles. The molecule has 0 saturated carbocycles. The number of carbonyl (C=O) groups excluding carboxylic acids is 1. The molecule has 1 aliphatic rings. The van der Waals surface area contributed by atoms with Crippen molar-refractivity contribution >= 4 is 27.3 Å². The second kappa shape index (κ2) is 7.77. The molecule has 1 fully saturated rings. The van der Waals surface area contributed by atoms with E-state index in [1.54, 1.807) is 6.07 Å². The van der Waals surface area contributed by atoms with Crippen LogP contribution in [-0.4, -0.2) is 49.2 Å². The summed E-state index contributed by atoms with van der Waals surface area (Å²) in [6, 6.07) is 6.56. The maximum Gasteiger partial charge on any atom is 0.341 e. The van der Waals surface area contributed by atoms with Gasteiger partial charge in [-0.25, -0.2) is 8.42 Å². The van der Waals surface area contributed by atoms with Crippen LogP contribution in [0.2, 0.25) is 5.02 Å². The van der Waals surface area contributed by atoms with Gasteiger partial charge in [0.25, 0.3) is 5.91 Å². The van der Waals surface area contributed by atoms with Crippen molar-refractivity contribution in [3.05, 3.63) is 53.3 Å². The molecule has 1 aromatic carbocycles. The minimum atomic E-state index is -4.89. The fourth-order valence-corrected chi connectivity index (χ4v) is 3.89. The lowest BCUT2D eigenvalue weighted by atomic mass is 10.2. The van der Waals surface area contributed by atoms with Crippen LogP contribution in [0, 0.1) is 0 Å². The number of alkyl halides is 2. The van der Waals surface area contributed by atoms with Crippen molar-refractivity contribution in [3.63, 3.8) is 0 Å². The number of pyridine rings is 1. The summed E-state index contributed by atoms with van der Waals surface area (Å²) in [6.45, 7) is 0.482. The molecule has 0 unspecified atom stereocenters. The summed E-state index contributed by atoms with van der Waals surface area (Å²) in [7, 11) is -4.89. The average Bonchev–Trinajstić information content (AvgIpc) is 3.11. The van der Waals surface area contributed by atoms with Crippen molar-refractivity contribution < 1.29 is 26.7 Å². The molecule has 1 aliphatic heterocycles. The summed E-state index contributed by atoms with van der Waals surface area (Å²) in [5.41, 5.74) is -0.277. The van der Waals surface area contributed by atoms with Crippen molar-refractivity contribution in [1.82, 2.24) is 9.88 Å². The zero-order valence-corrected chi connectivity index (χ0v) is 15.5. The van der Waals surface area contributed by atoms with Gasteiger partial charge in [0.15, 0.2) is 0 Å². The molecule has 0 bridgehead atoms. The van der Waals surface area contributed by atoms with Crippen LogP contribution in [0.1, 0.15) is 16.8 Å². The minimum Gasteiger partial charge on any atom is -0.487 e. The van der Waals surface area contributed by atoms with E-state index in [1.165, 1.54) is 35.5 Å². The van der Waals surface area contributed by atoms with Gasteiger partial charge in [-0.3, -0.25) is 9.78 Å². The number of rotatable bonds is 5. The first kappa shape index (κ1) is 19.5. The summed E-state index contributed by atoms with van der Waals surface area (Å²) in [5, 5.41) is 0.329. The largest absolute Gasteiger partial charge is 0.487 e. The summed E-state index contributed by atoms with van der Waals surface area (Å²) in [6.07, 6.45) is 3.09. The molecule has 10 heteroatoms. The van der Waals surface area contributed by atoms with Crippen LogP contribution in [0.25, 0.3) is 0 Å². The Morgan fingerprint density at radius 2 is 2.04 bits per heavy atom. The monoisotopic (exact) mass is 416 g/mol. The smallest absolute Gasteiger partial charge is 0.341 e. The van der Waals surface area contributed by atoms with E-state index in [4.69, 9.17) is 16.3 Å². The van der Waals surface area contributed by atoms with Crippen molar-refractivity contribution in [2.75, 3.05) is 13.1 Å². The number of likely N-dealkylation sites (tertiary alicyclic amines) is 1. The topological polar surface area (TPSA) is 76.6 Å². The van der Waals surface area contributed by atoms with Crippen LogP contribution in [0.5, 0.6) is 5.75 Å². The molecule has 1 atom stereocenters. The van der Waals surface area contributed by atoms with Gasteiger partial charge in [-0.2, -0.15) is 8.78 Å². The number of benzene rings is 1. The van der Waals surface area contributed by atoms with Gasteiger partial charge in [0.05, 0.1) is 17.0 Å². The Hall–Kier alpha value is -2.26. The van der Waals surface area contributed by atoms with Crippen molar-refractivity contribution in [2.45, 2.75) is 23.2 Å². The Kier molecular flexibility index (Phi) is 5.61. The molecule has 0 aliphatic carbocycles. The number of nitrogens with zero attached hydrogens (tertiary/aromatic N) is 2. The summed E-state index contributed by atoms with van der Waals surface area (Å²) in [5.74, 6) is -3.82. The van der Waals surface area contributed by atoms with Gasteiger partial charge in [-0.15, -0.1) is 0 Å². The number of sulfone groups is 1. The molecule has 0 radical (unpaired) electrons. The molecule has 0 spiro atoms. The zero-order chi connectivity index (χ0) is 19.6. The second-order valence-corrected chi connectivity index (χ2v) is 8.18. The minimum absolute atomic E-state index is 0.181. The number of aromatic nitrogens is 1. The Labute approximate surface area is 159 Å². The van der Waals surface area contributed by atoms with E-state index in [1.807, 2.05) is 0 Å². The molecule has 3 rings (SSSR count). The van der Waals surface area contributed by atoms with E-state index in [0.717, 1.165) is 6.07 Å². The lowest BCUT2D eigenvalue weighted by Crippen LogP contribution is -2.32. The number of hydrogen-bond acceptors (Lipinski definition) is 5. The van der Waals surface area contributed by atoms with Gasteiger partial charge >= 0.3 is 5.76 Å². The molecule has 6 nitrogen and oxygen atoms in total. The first-order chi connectivity index (χ1) is 12.8. The molecule has 27 heavy (non-hydrogen) atoms. The highest BCUT2D eigenvalue weighted by atomic mass is 35.5. The quantitative estimate of drug-likeness (QED) is 0.748. The maximum atomic E-state index is 12.9. The van der Waals surface area contributed by atoms with Gasteiger partial charge in [-0.1, -0.05) is 23.7 Å². The van der Waals surface area contributed by atoms with E-state index in [9.17, 15) is 22.0 Å². The van der Waals surface area contributed by atoms with E-state index in [0.29, 0.717) is 23.7 Å². The van der Waals surface area contributed by atoms with Crippen LogP contribution in [0.4, 0.5) is 8.78 Å². The first-order valence-electron chi connectivity index (χ1n) is 7.97. The third-order valence-electron chi connectivity index (χ3n) is 4.12. The number of halogens is 3. The van der Waals surface area contributed by atoms with E-state index >= 15 is 0 Å². The number of ether oxygens (including phenoxy) is 1. The predicted molar refractivity (Wildman–Crippen MR) is 93.8 cm³/mol. The van der Waals surface area contributed by atoms with Crippen LogP contribution in [-0.2, 0) is 9.84 Å². The van der Waals surface area contributed by atoms with Gasteiger partial charge < -0.3 is 9.64 Å². The van der Waals surface area contributed by atoms with E-state index < -0.39 is 26.4 Å². The highest BCUT2D eigenvalue weighted by Crippen LogP contribution is 2.28. The Balaban J connectivity index is 1.78. The van der Waals surface area contributed by atoms with Crippen molar-refractivity contribution in [2.24, 2.45) is 0 Å². The summed E-state index contributed by atoms with van der Waals surface area (Å²) < 4.78 is 55.3. The third-order valence-corrected chi connectivity index (χ3v) is 5.84. The third kappa shape index (κ3) is 4.03. The highest BCUT2D eigenvalue weighted by molar-refractivity contribution is 7.91. The molecule has 1 aromatic heterocycles. The Bertz CT molecular complexity index is 955. The van der Waals surface area contributed by atoms with Crippen molar-refractivity contribution in [3.8, 4) is 5.75 Å². The number of amides is 1. The molecule has 144 valence electrons. The van der Waals surface area contributed by atoms with Crippen LogP contribution >= 0.6 is 11.6 Å². The summed E-state index contributed by atoms with van der Waals surface area (Å²) >= 11 is 5.99. The normalized spacial score (nSPS) is 17.3. The lowest BCUT2D eigenvalue weighted by molar-refractivity contribution is 0.0768. The molecule has 2 aromatic rings. The fourth-order valence-electron chi connectivity index (χ4n) is 2.80. The van der Waals surface area contributed by atoms with Gasteiger partial charge in [0.2, 0.25) is 9.84 Å². The van der Waals surface area contributed by atoms with Crippen LogP contribution in [0.3, 0.4) is 0 Å². The molecule has 1 saturated heterocycles. The predicted octanol–water partition coefficient (Wildman–Crippen LogP) is 3.02. The van der Waals surface area contributed by atoms with Gasteiger partial charge in [-0.05, 0) is 12.1 Å². The number of hydrogen-bond donors (Lipinski definition) is 0. The molecule has 0 N–H and O–H groups in total. The fraction of sp³-hybridized carbons (Fsp3) is 0.294. The summed E-state index contributed by atoms with van der Waals surface area (Å²) in [4.78, 5) is 17.3. The lowest BCUT2D eigenvalue weighted by Gasteiger charge is -2.19. The average molecular weight is 417 g/mol. The number of carbonyl (C=O) groups is 1.